The van der Waals surface area contributed by atoms with Crippen molar-refractivity contribution in [2.75, 3.05) is 32.2 Å². The second-order valence-electron chi connectivity index (χ2n) is 16.8. The Morgan fingerprint density at radius 1 is 1.15 bits per heavy atom. The largest absolute Gasteiger partial charge is 0.508 e. The SMILES string of the molecule is CCn1c(-c2cnccc2COC)c2c3cc(ccc31)-c1cc(O)cc(c1)C[C@H](NC(=O)C(C(C)C)N(C)c1nccs1)C(=O)N1CCC[C@H](N1)C(=O)OCC(C)(C)C2. The smallest absolute Gasteiger partial charge is 0.324 e. The van der Waals surface area contributed by atoms with Gasteiger partial charge >= 0.3 is 5.97 Å². The average Bonchev–Trinajstić information content (AvgIpc) is 3.86. The number of nitrogens with one attached hydrogen (secondary N) is 2. The zero-order chi connectivity index (χ0) is 42.0. The van der Waals surface area contributed by atoms with Crippen LogP contribution >= 0.6 is 11.3 Å². The summed E-state index contributed by atoms with van der Waals surface area (Å²) in [4.78, 5) is 53.4. The number of ether oxygens (including phenoxy) is 2. The maximum atomic E-state index is 14.5. The number of esters is 1. The lowest BCUT2D eigenvalue weighted by atomic mass is 9.84. The molecule has 1 unspecified atom stereocenters. The first-order valence-electron chi connectivity index (χ1n) is 20.4. The summed E-state index contributed by atoms with van der Waals surface area (Å²) in [6.45, 7) is 11.8. The summed E-state index contributed by atoms with van der Waals surface area (Å²) in [6.07, 6.45) is 7.09. The first-order chi connectivity index (χ1) is 28.3. The molecule has 6 bridgehead atoms. The van der Waals surface area contributed by atoms with Crippen LogP contribution in [-0.2, 0) is 49.9 Å². The highest BCUT2D eigenvalue weighted by molar-refractivity contribution is 7.13. The molecule has 0 aliphatic carbocycles. The molecule has 5 aromatic rings. The number of aromatic nitrogens is 3. The number of rotatable bonds is 9. The van der Waals surface area contributed by atoms with E-state index >= 15 is 0 Å². The van der Waals surface area contributed by atoms with Crippen molar-refractivity contribution < 1.29 is 29.0 Å². The van der Waals surface area contributed by atoms with E-state index in [9.17, 15) is 19.5 Å². The predicted octanol–water partition coefficient (Wildman–Crippen LogP) is 6.51. The Bertz CT molecular complexity index is 2320. The van der Waals surface area contributed by atoms with Gasteiger partial charge in [-0.2, -0.15) is 0 Å². The second kappa shape index (κ2) is 17.5. The number of aryl methyl sites for hydroxylation is 1. The zero-order valence-electron chi connectivity index (χ0n) is 34.9. The number of phenols is 1. The van der Waals surface area contributed by atoms with E-state index in [4.69, 9.17) is 9.47 Å². The van der Waals surface area contributed by atoms with Crippen LogP contribution in [0.3, 0.4) is 0 Å². The molecule has 13 nitrogen and oxygen atoms in total. The molecule has 0 radical (unpaired) electrons. The molecule has 1 fully saturated rings. The normalized spacial score (nSPS) is 19.0. The van der Waals surface area contributed by atoms with Crippen molar-refractivity contribution in [2.24, 2.45) is 11.3 Å². The summed E-state index contributed by atoms with van der Waals surface area (Å²) in [6, 6.07) is 11.2. The number of fused-ring (bicyclic) bond motifs is 6. The number of carbonyl (C=O) groups excluding carboxylic acids is 3. The van der Waals surface area contributed by atoms with Crippen LogP contribution in [0.2, 0.25) is 0 Å². The summed E-state index contributed by atoms with van der Waals surface area (Å²) < 4.78 is 14.0. The minimum absolute atomic E-state index is 0.0414. The van der Waals surface area contributed by atoms with Crippen LogP contribution in [0.15, 0.2) is 66.4 Å². The van der Waals surface area contributed by atoms with Gasteiger partial charge in [-0.05, 0) is 90.3 Å². The van der Waals surface area contributed by atoms with Crippen molar-refractivity contribution in [2.45, 2.75) is 91.6 Å². The first-order valence-corrected chi connectivity index (χ1v) is 21.2. The van der Waals surface area contributed by atoms with Gasteiger partial charge in [0.2, 0.25) is 5.91 Å². The highest BCUT2D eigenvalue weighted by Crippen LogP contribution is 2.41. The third-order valence-electron chi connectivity index (χ3n) is 11.4. The van der Waals surface area contributed by atoms with Crippen LogP contribution in [0.25, 0.3) is 33.3 Å². The predicted molar refractivity (Wildman–Crippen MR) is 230 cm³/mol. The van der Waals surface area contributed by atoms with E-state index in [1.54, 1.807) is 31.6 Å². The Labute approximate surface area is 349 Å². The quantitative estimate of drug-likeness (QED) is 0.141. The maximum absolute atomic E-state index is 14.5. The summed E-state index contributed by atoms with van der Waals surface area (Å²) in [5.41, 5.74) is 10.1. The van der Waals surface area contributed by atoms with Crippen LogP contribution in [-0.4, -0.2) is 87.9 Å². The highest BCUT2D eigenvalue weighted by atomic mass is 32.1. The molecule has 1 saturated heterocycles. The molecule has 3 aromatic heterocycles. The van der Waals surface area contributed by atoms with E-state index < -0.39 is 29.5 Å². The topological polar surface area (TPSA) is 151 Å². The number of cyclic esters (lactones) is 1. The molecular weight excluding hydrogens is 767 g/mol. The highest BCUT2D eigenvalue weighted by Gasteiger charge is 2.37. The molecule has 2 aliphatic heterocycles. The lowest BCUT2D eigenvalue weighted by molar-refractivity contribution is -0.155. The Morgan fingerprint density at radius 2 is 1.97 bits per heavy atom. The van der Waals surface area contributed by atoms with E-state index in [1.807, 2.05) is 49.5 Å². The number of hydrogen-bond donors (Lipinski definition) is 3. The van der Waals surface area contributed by atoms with Crippen LogP contribution in [0, 0.1) is 11.3 Å². The second-order valence-corrected chi connectivity index (χ2v) is 17.7. The van der Waals surface area contributed by atoms with Gasteiger partial charge in [0.05, 0.1) is 18.9 Å². The van der Waals surface area contributed by atoms with E-state index in [1.165, 1.54) is 16.3 Å². The summed E-state index contributed by atoms with van der Waals surface area (Å²) in [5.74, 6) is -1.22. The number of aromatic hydroxyl groups is 1. The first kappa shape index (κ1) is 41.8. The summed E-state index contributed by atoms with van der Waals surface area (Å²) >= 11 is 1.43. The Kier molecular flexibility index (Phi) is 12.4. The van der Waals surface area contributed by atoms with Crippen molar-refractivity contribution in [3.63, 3.8) is 0 Å². The molecule has 14 heteroatoms. The number of benzene rings is 2. The van der Waals surface area contributed by atoms with Gasteiger partial charge in [0, 0.05) is 79.5 Å². The molecule has 7 rings (SSSR count). The number of pyridine rings is 1. The Balaban J connectivity index is 1.36. The lowest BCUT2D eigenvalue weighted by Gasteiger charge is -2.36. The number of thiazole rings is 1. The Hall–Kier alpha value is -5.31. The van der Waals surface area contributed by atoms with Crippen molar-refractivity contribution in [3.8, 4) is 28.1 Å². The van der Waals surface area contributed by atoms with Gasteiger partial charge in [0.25, 0.3) is 5.91 Å². The van der Waals surface area contributed by atoms with E-state index in [0.717, 1.165) is 44.4 Å². The van der Waals surface area contributed by atoms with Gasteiger partial charge in [-0.3, -0.25) is 24.4 Å². The molecule has 3 atom stereocenters. The van der Waals surface area contributed by atoms with Crippen molar-refractivity contribution >= 4 is 45.2 Å². The van der Waals surface area contributed by atoms with Crippen LogP contribution in [0.5, 0.6) is 5.75 Å². The van der Waals surface area contributed by atoms with Gasteiger partial charge in [-0.15, -0.1) is 11.3 Å². The number of hydrogen-bond acceptors (Lipinski definition) is 11. The number of hydrazine groups is 1. The molecule has 3 N–H and O–H groups in total. The fourth-order valence-electron chi connectivity index (χ4n) is 8.62. The van der Waals surface area contributed by atoms with E-state index in [-0.39, 0.29) is 36.5 Å². The number of anilines is 1. The number of phenolic OH excluding ortho intramolecular Hbond substituents is 1. The third kappa shape index (κ3) is 8.85. The molecule has 2 aliphatic rings. The average molecular weight is 822 g/mol. The molecule has 5 heterocycles. The Morgan fingerprint density at radius 3 is 2.69 bits per heavy atom. The van der Waals surface area contributed by atoms with Crippen molar-refractivity contribution in [3.05, 3.63) is 83.1 Å². The van der Waals surface area contributed by atoms with E-state index in [2.05, 4.69) is 64.2 Å². The van der Waals surface area contributed by atoms with Crippen LogP contribution < -0.4 is 15.6 Å². The third-order valence-corrected chi connectivity index (χ3v) is 12.2. The van der Waals surface area contributed by atoms with Crippen LogP contribution in [0.1, 0.15) is 64.2 Å². The van der Waals surface area contributed by atoms with Gasteiger partial charge in [-0.25, -0.2) is 10.4 Å². The molecule has 0 saturated carbocycles. The van der Waals surface area contributed by atoms with Gasteiger partial charge < -0.3 is 29.4 Å². The monoisotopic (exact) mass is 821 g/mol. The summed E-state index contributed by atoms with van der Waals surface area (Å²) in [7, 11) is 3.51. The van der Waals surface area contributed by atoms with Crippen molar-refractivity contribution in [1.82, 2.24) is 30.3 Å². The fourth-order valence-corrected chi connectivity index (χ4v) is 9.27. The van der Waals surface area contributed by atoms with Crippen LogP contribution in [0.4, 0.5) is 5.13 Å². The number of carbonyl (C=O) groups is 3. The molecule has 2 amide bonds. The minimum atomic E-state index is -1.03. The lowest BCUT2D eigenvalue weighted by Crippen LogP contribution is -2.62. The van der Waals surface area contributed by atoms with Gasteiger partial charge in [0.1, 0.15) is 23.9 Å². The van der Waals surface area contributed by atoms with Crippen molar-refractivity contribution in [1.29, 1.82) is 0 Å². The minimum Gasteiger partial charge on any atom is -0.508 e. The van der Waals surface area contributed by atoms with E-state index in [0.29, 0.717) is 49.7 Å². The zero-order valence-corrected chi connectivity index (χ0v) is 35.8. The van der Waals surface area contributed by atoms with Gasteiger partial charge in [0.15, 0.2) is 5.13 Å². The maximum Gasteiger partial charge on any atom is 0.324 e. The van der Waals surface area contributed by atoms with Gasteiger partial charge in [-0.1, -0.05) is 39.8 Å². The molecule has 312 valence electrons. The number of likely N-dealkylation sites (N-methyl/N-ethyl adjacent to an activating group) is 1. The molecule has 0 spiro atoms. The number of nitrogens with zero attached hydrogens (tertiary/aromatic N) is 5. The molecule has 2 aromatic carbocycles. The number of amides is 2. The number of methoxy groups -OCH3 is 1. The summed E-state index contributed by atoms with van der Waals surface area (Å²) in [5, 5.41) is 19.3. The fraction of sp³-hybridized carbons (Fsp3) is 0.444. The molecule has 59 heavy (non-hydrogen) atoms. The standard InChI is InChI=1S/C45H55N7O6S/c1-8-51-38-12-11-29-22-33(38)34(40(51)35-24-46-14-13-30(35)25-57-7)23-45(4,5)26-58-43(56)36-10-9-16-52(49-36)42(55)37(20-28-18-31(29)21-32(53)19-28)48-41(54)39(27(2)3)50(6)44-47-15-17-59-44/h11-15,17-19,21-22,24,27,36-37,39,49,53H,8-10,16,20,23,25-26H2,1-7H3,(H,48,54)/t36-,37-,39?/m0/s1. The molecular formula is C45H55N7O6S.